The number of piperidine rings is 1. The van der Waals surface area contributed by atoms with Gasteiger partial charge < -0.3 is 4.74 Å². The summed E-state index contributed by atoms with van der Waals surface area (Å²) in [5, 5.41) is 0.304. The number of ether oxygens (including phenoxy) is 1. The van der Waals surface area contributed by atoms with Crippen LogP contribution >= 0.6 is 11.6 Å². The van der Waals surface area contributed by atoms with E-state index in [-0.39, 0.29) is 24.3 Å². The van der Waals surface area contributed by atoms with E-state index in [1.807, 2.05) is 0 Å². The molecule has 7 nitrogen and oxygen atoms in total. The lowest BCUT2D eigenvalue weighted by Gasteiger charge is -2.56. The Hall–Kier alpha value is -1.79. The maximum absolute atomic E-state index is 15.4. The van der Waals surface area contributed by atoms with E-state index in [0.29, 0.717) is 18.0 Å². The number of sulfone groups is 1. The van der Waals surface area contributed by atoms with Crippen molar-refractivity contribution < 1.29 is 30.4 Å². The Kier molecular flexibility index (Phi) is 5.72. The fourth-order valence-electron chi connectivity index (χ4n) is 5.62. The third-order valence-corrected chi connectivity index (χ3v) is 12.1. The summed E-state index contributed by atoms with van der Waals surface area (Å²) in [7, 11) is -8.52. The number of fused-ring (bicyclic) bond motifs is 5. The highest BCUT2D eigenvalue weighted by Crippen LogP contribution is 2.56. The molecule has 0 aliphatic carbocycles. The average Bonchev–Trinajstić information content (AvgIpc) is 2.80. The zero-order valence-corrected chi connectivity index (χ0v) is 20.6. The molecule has 5 rings (SSSR count). The van der Waals surface area contributed by atoms with Gasteiger partial charge in [-0.05, 0) is 55.7 Å². The predicted octanol–water partition coefficient (Wildman–Crippen LogP) is 3.48. The largest absolute Gasteiger partial charge is 0.488 e. The van der Waals surface area contributed by atoms with Crippen LogP contribution in [0.4, 0.5) is 8.78 Å². The first-order valence-electron chi connectivity index (χ1n) is 11.0. The Balaban J connectivity index is 1.81. The molecule has 3 atom stereocenters. The first-order chi connectivity index (χ1) is 16.1. The van der Waals surface area contributed by atoms with Crippen molar-refractivity contribution in [2.45, 2.75) is 47.9 Å². The van der Waals surface area contributed by atoms with E-state index < -0.39 is 66.4 Å². The molecular weight excluding hydrogens is 510 g/mol. The number of hydrogen-bond acceptors (Lipinski definition) is 5. The Morgan fingerprint density at radius 2 is 1.79 bits per heavy atom. The molecule has 0 saturated carbocycles. The maximum atomic E-state index is 15.4. The molecule has 3 aliphatic rings. The van der Waals surface area contributed by atoms with Gasteiger partial charge in [-0.25, -0.2) is 17.2 Å². The van der Waals surface area contributed by atoms with E-state index in [1.165, 1.54) is 32.9 Å². The smallest absolute Gasteiger partial charge is 0.282 e. The lowest BCUT2D eigenvalue weighted by Crippen LogP contribution is -2.70. The normalized spacial score (nSPS) is 28.9. The van der Waals surface area contributed by atoms with Gasteiger partial charge in [0.25, 0.3) is 10.2 Å². The molecule has 12 heteroatoms. The minimum absolute atomic E-state index is 0.0812. The summed E-state index contributed by atoms with van der Waals surface area (Å²) in [6.45, 7) is 1.79. The molecule has 0 amide bonds. The molecule has 0 spiro atoms. The van der Waals surface area contributed by atoms with Gasteiger partial charge in [0.15, 0.2) is 21.4 Å². The van der Waals surface area contributed by atoms with E-state index in [9.17, 15) is 21.2 Å². The van der Waals surface area contributed by atoms with E-state index in [4.69, 9.17) is 16.3 Å². The Morgan fingerprint density at radius 1 is 1.12 bits per heavy atom. The first-order valence-corrected chi connectivity index (χ1v) is 14.2. The molecule has 2 aromatic rings. The molecule has 0 aromatic heterocycles. The first kappa shape index (κ1) is 23.9. The third-order valence-electron chi connectivity index (χ3n) is 7.18. The lowest BCUT2D eigenvalue weighted by atomic mass is 9.78. The molecule has 0 N–H and O–H groups in total. The van der Waals surface area contributed by atoms with Gasteiger partial charge in [0.05, 0.1) is 16.5 Å². The van der Waals surface area contributed by atoms with E-state index in [0.717, 1.165) is 12.1 Å². The number of rotatable bonds is 3. The van der Waals surface area contributed by atoms with Crippen LogP contribution in [-0.2, 0) is 24.8 Å². The van der Waals surface area contributed by atoms with Gasteiger partial charge in [-0.1, -0.05) is 18.5 Å². The SMILES string of the molecule is CCN1CC[C@@H]2CC[C@@]3(S(=O)(=O)c4ccc(Cl)cc4)c4c(F)ccc(F)c4OC[C@H]3N2S1(=O)=O. The number of benzene rings is 2. The summed E-state index contributed by atoms with van der Waals surface area (Å²) in [6.07, 6.45) is 0.594. The maximum Gasteiger partial charge on any atom is 0.282 e. The second-order valence-corrected chi connectivity index (χ2v) is 13.2. The van der Waals surface area contributed by atoms with Crippen LogP contribution in [0.1, 0.15) is 31.7 Å². The standard InChI is InChI=1S/C22H23ClF2N2O5S2/c1-2-26-12-10-15-9-11-22(33(28,29)16-5-3-14(23)4-6-16)19(27(15)34(26,30)31)13-32-21-18(25)8-7-17(24)20(21)22/h3-8,15,19H,2,9-13H2,1H3/t15-,19+,22-/m0/s1. The average molecular weight is 533 g/mol. The molecule has 3 heterocycles. The molecule has 2 aromatic carbocycles. The van der Waals surface area contributed by atoms with Gasteiger partial charge >= 0.3 is 0 Å². The number of hydrogen-bond donors (Lipinski definition) is 0. The Labute approximate surface area is 202 Å². The van der Waals surface area contributed by atoms with Crippen LogP contribution in [0.5, 0.6) is 5.75 Å². The molecule has 2 saturated heterocycles. The Bertz CT molecular complexity index is 1350. The van der Waals surface area contributed by atoms with E-state index in [1.54, 1.807) is 6.92 Å². The van der Waals surface area contributed by atoms with Crippen molar-refractivity contribution in [2.75, 3.05) is 19.7 Å². The number of nitrogens with zero attached hydrogens (tertiary/aromatic N) is 2. The fourth-order valence-corrected chi connectivity index (χ4v) is 10.2. The third kappa shape index (κ3) is 3.17. The van der Waals surface area contributed by atoms with Crippen molar-refractivity contribution in [2.24, 2.45) is 0 Å². The summed E-state index contributed by atoms with van der Waals surface area (Å²) < 4.78 is 91.8. The predicted molar refractivity (Wildman–Crippen MR) is 122 cm³/mol. The molecule has 0 radical (unpaired) electrons. The van der Waals surface area contributed by atoms with Crippen LogP contribution in [0.15, 0.2) is 41.3 Å². The lowest BCUT2D eigenvalue weighted by molar-refractivity contribution is 0.0453. The van der Waals surface area contributed by atoms with Crippen molar-refractivity contribution >= 4 is 31.6 Å². The van der Waals surface area contributed by atoms with Gasteiger partial charge in [0.1, 0.15) is 17.2 Å². The summed E-state index contributed by atoms with van der Waals surface area (Å²) in [5.41, 5.74) is -0.457. The zero-order chi connectivity index (χ0) is 24.5. The monoisotopic (exact) mass is 532 g/mol. The summed E-state index contributed by atoms with van der Waals surface area (Å²) in [6, 6.07) is 5.36. The zero-order valence-electron chi connectivity index (χ0n) is 18.2. The second kappa shape index (κ2) is 8.12. The highest BCUT2D eigenvalue weighted by atomic mass is 35.5. The molecule has 184 valence electrons. The fraction of sp³-hybridized carbons (Fsp3) is 0.455. The van der Waals surface area contributed by atoms with Gasteiger partial charge in [-0.3, -0.25) is 0 Å². The summed E-state index contributed by atoms with van der Waals surface area (Å²) >= 11 is 5.95. The van der Waals surface area contributed by atoms with Crippen molar-refractivity contribution in [1.82, 2.24) is 8.61 Å². The topological polar surface area (TPSA) is 84.0 Å². The van der Waals surface area contributed by atoms with Crippen molar-refractivity contribution in [3.63, 3.8) is 0 Å². The van der Waals surface area contributed by atoms with Crippen LogP contribution in [0.25, 0.3) is 0 Å². The molecule has 34 heavy (non-hydrogen) atoms. The van der Waals surface area contributed by atoms with Gasteiger partial charge in [0.2, 0.25) is 0 Å². The Morgan fingerprint density at radius 3 is 2.47 bits per heavy atom. The van der Waals surface area contributed by atoms with Gasteiger partial charge in [0, 0.05) is 24.2 Å². The van der Waals surface area contributed by atoms with Crippen LogP contribution in [0.3, 0.4) is 0 Å². The summed E-state index contributed by atoms with van der Waals surface area (Å²) in [4.78, 5) is -0.154. The minimum atomic E-state index is -4.45. The highest BCUT2D eigenvalue weighted by Gasteiger charge is 2.65. The van der Waals surface area contributed by atoms with Crippen molar-refractivity contribution in [1.29, 1.82) is 0 Å². The molecule has 3 aliphatic heterocycles. The molecular formula is C22H23ClF2N2O5S2. The second-order valence-electron chi connectivity index (χ2n) is 8.72. The van der Waals surface area contributed by atoms with E-state index in [2.05, 4.69) is 0 Å². The van der Waals surface area contributed by atoms with Gasteiger partial charge in [-0.2, -0.15) is 17.0 Å². The molecule has 0 unspecified atom stereocenters. The molecule has 0 bridgehead atoms. The number of halogens is 3. The van der Waals surface area contributed by atoms with Crippen LogP contribution in [0, 0.1) is 11.6 Å². The quantitative estimate of drug-likeness (QED) is 0.604. The molecule has 2 fully saturated rings. The van der Waals surface area contributed by atoms with Crippen LogP contribution in [0.2, 0.25) is 5.02 Å². The van der Waals surface area contributed by atoms with Crippen molar-refractivity contribution in [3.05, 3.63) is 58.6 Å². The minimum Gasteiger partial charge on any atom is -0.488 e. The van der Waals surface area contributed by atoms with Crippen LogP contribution < -0.4 is 4.74 Å². The van der Waals surface area contributed by atoms with E-state index >= 15 is 4.39 Å². The summed E-state index contributed by atoms with van der Waals surface area (Å²) in [5.74, 6) is -2.35. The van der Waals surface area contributed by atoms with Gasteiger partial charge in [-0.15, -0.1) is 0 Å². The van der Waals surface area contributed by atoms with Crippen molar-refractivity contribution in [3.8, 4) is 5.75 Å². The highest BCUT2D eigenvalue weighted by molar-refractivity contribution is 7.92. The van der Waals surface area contributed by atoms with Crippen LogP contribution in [-0.4, -0.2) is 57.2 Å².